The quantitative estimate of drug-likeness (QED) is 0.592. The molecule has 0 atom stereocenters. The Morgan fingerprint density at radius 1 is 1.30 bits per heavy atom. The minimum Gasteiger partial charge on any atom is -0.442 e. The second-order valence-corrected chi connectivity index (χ2v) is 2.15. The largest absolute Gasteiger partial charge is 0.442 e. The number of rotatable bonds is 2. The lowest BCUT2D eigenvalue weighted by Gasteiger charge is -1.95. The number of aliphatic hydroxyl groups excluding tert-OH is 1. The van der Waals surface area contributed by atoms with Crippen molar-refractivity contribution in [2.75, 3.05) is 0 Å². The first-order valence-electron chi connectivity index (χ1n) is 3.20. The van der Waals surface area contributed by atoms with E-state index < -0.39 is 0 Å². The predicted octanol–water partition coefficient (Wildman–Crippen LogP) is 0.404. The van der Waals surface area contributed by atoms with E-state index in [9.17, 15) is 0 Å². The Balaban J connectivity index is 2.87. The van der Waals surface area contributed by atoms with E-state index in [0.29, 0.717) is 0 Å². The maximum atomic E-state index is 8.70. The highest BCUT2D eigenvalue weighted by atomic mass is 16.3. The van der Waals surface area contributed by atoms with Gasteiger partial charge in [0.05, 0.1) is 6.61 Å². The van der Waals surface area contributed by atoms with Gasteiger partial charge in [0.25, 0.3) is 0 Å². The zero-order valence-electron chi connectivity index (χ0n) is 5.67. The van der Waals surface area contributed by atoms with E-state index in [1.807, 2.05) is 24.3 Å². The molecular weight excluding hydrogens is 128 g/mol. The molecule has 0 spiro atoms. The third-order valence-corrected chi connectivity index (χ3v) is 1.38. The van der Waals surface area contributed by atoms with Crippen LogP contribution in [0.5, 0.6) is 0 Å². The van der Waals surface area contributed by atoms with Crippen LogP contribution in [-0.2, 0) is 13.2 Å². The van der Waals surface area contributed by atoms with Gasteiger partial charge >= 0.3 is 0 Å². The minimum absolute atomic E-state index is 0.0633. The molecule has 2 nitrogen and oxygen atoms in total. The molecule has 0 unspecified atom stereocenters. The fourth-order valence-electron chi connectivity index (χ4n) is 0.838. The monoisotopic (exact) mass is 139 g/mol. The van der Waals surface area contributed by atoms with Crippen LogP contribution in [0.2, 0.25) is 0 Å². The van der Waals surface area contributed by atoms with Crippen LogP contribution < -0.4 is 0 Å². The van der Waals surface area contributed by atoms with Crippen molar-refractivity contribution in [2.24, 2.45) is 0 Å². The van der Waals surface area contributed by atoms with Crippen LogP contribution in [0.1, 0.15) is 11.1 Å². The Morgan fingerprint density at radius 3 is 2.60 bits per heavy atom. The molecule has 0 radical (unpaired) electrons. The summed E-state index contributed by atoms with van der Waals surface area (Å²) >= 11 is 0. The Kier molecular flexibility index (Phi) is 2.42. The van der Waals surface area contributed by atoms with Gasteiger partial charge in [-0.2, -0.15) is 0 Å². The topological polar surface area (TPSA) is 43.1 Å². The van der Waals surface area contributed by atoms with Crippen LogP contribution in [0.4, 0.5) is 0 Å². The molecule has 3 N–H and O–H groups in total. The molecule has 0 saturated carbocycles. The molecule has 1 aromatic rings. The van der Waals surface area contributed by atoms with Crippen LogP contribution in [0, 0.1) is 0 Å². The lowest BCUT2D eigenvalue weighted by molar-refractivity contribution is 0.275. The SMILES string of the molecule is OCc1cccc(C[OH2+])c1. The maximum Gasteiger partial charge on any atom is 0.169 e. The Hall–Kier alpha value is -0.860. The molecule has 0 amide bonds. The average Bonchev–Trinajstić information content (AvgIpc) is 2.05. The molecule has 1 aromatic carbocycles. The first kappa shape index (κ1) is 7.25. The number of hydrogen-bond donors (Lipinski definition) is 1. The van der Waals surface area contributed by atoms with E-state index in [1.165, 1.54) is 0 Å². The number of benzene rings is 1. The normalized spacial score (nSPS) is 9.80. The zero-order chi connectivity index (χ0) is 7.40. The summed E-state index contributed by atoms with van der Waals surface area (Å²) in [7, 11) is 0. The van der Waals surface area contributed by atoms with Crippen molar-refractivity contribution < 1.29 is 10.2 Å². The molecule has 10 heavy (non-hydrogen) atoms. The van der Waals surface area contributed by atoms with E-state index in [1.54, 1.807) is 0 Å². The van der Waals surface area contributed by atoms with Crippen LogP contribution >= 0.6 is 0 Å². The molecule has 0 aromatic heterocycles. The van der Waals surface area contributed by atoms with Crippen molar-refractivity contribution in [2.45, 2.75) is 13.2 Å². The molecule has 1 rings (SSSR count). The third kappa shape index (κ3) is 1.56. The fourth-order valence-corrected chi connectivity index (χ4v) is 0.838. The standard InChI is InChI=1S/C8H10O2/c9-5-7-2-1-3-8(4-7)6-10/h1-4,9-10H,5-6H2/p+1. The summed E-state index contributed by atoms with van der Waals surface area (Å²) in [4.78, 5) is 0. The van der Waals surface area contributed by atoms with Crippen molar-refractivity contribution in [1.82, 2.24) is 0 Å². The highest BCUT2D eigenvalue weighted by molar-refractivity contribution is 5.21. The van der Waals surface area contributed by atoms with E-state index in [0.717, 1.165) is 11.1 Å². The molecule has 2 heteroatoms. The summed E-state index contributed by atoms with van der Waals surface area (Å²) in [6, 6.07) is 7.42. The van der Waals surface area contributed by atoms with Crippen LogP contribution in [-0.4, -0.2) is 10.2 Å². The minimum atomic E-state index is 0.0633. The van der Waals surface area contributed by atoms with Gasteiger partial charge in [0.2, 0.25) is 0 Å². The van der Waals surface area contributed by atoms with Gasteiger partial charge < -0.3 is 10.2 Å². The van der Waals surface area contributed by atoms with Crippen molar-refractivity contribution in [3.05, 3.63) is 35.4 Å². The summed E-state index contributed by atoms with van der Waals surface area (Å²) < 4.78 is 0. The van der Waals surface area contributed by atoms with Gasteiger partial charge in [-0.1, -0.05) is 18.2 Å². The van der Waals surface area contributed by atoms with Crippen LogP contribution in [0.3, 0.4) is 0 Å². The predicted molar refractivity (Wildman–Crippen MR) is 39.7 cm³/mol. The summed E-state index contributed by atoms with van der Waals surface area (Å²) in [6.45, 7) is 0.349. The average molecular weight is 139 g/mol. The second kappa shape index (κ2) is 3.34. The molecule has 0 aliphatic rings. The van der Waals surface area contributed by atoms with Gasteiger partial charge in [0, 0.05) is 5.56 Å². The summed E-state index contributed by atoms with van der Waals surface area (Å²) in [5.41, 5.74) is 1.83. The molecule has 54 valence electrons. The molecular formula is C8H11O2+. The molecule has 0 aliphatic heterocycles. The van der Waals surface area contributed by atoms with E-state index in [4.69, 9.17) is 10.2 Å². The van der Waals surface area contributed by atoms with Crippen molar-refractivity contribution in [3.63, 3.8) is 0 Å². The molecule has 0 fully saturated rings. The Bertz CT molecular complexity index is 189. The maximum absolute atomic E-state index is 8.70. The fraction of sp³-hybridized carbons (Fsp3) is 0.250. The second-order valence-electron chi connectivity index (χ2n) is 2.15. The zero-order valence-corrected chi connectivity index (χ0v) is 5.67. The number of hydrogen-bond acceptors (Lipinski definition) is 1. The number of aliphatic hydroxyl groups is 1. The van der Waals surface area contributed by atoms with E-state index in [-0.39, 0.29) is 13.2 Å². The first-order chi connectivity index (χ1) is 4.86. The molecule has 0 heterocycles. The van der Waals surface area contributed by atoms with E-state index in [2.05, 4.69) is 0 Å². The highest BCUT2D eigenvalue weighted by Gasteiger charge is 1.93. The van der Waals surface area contributed by atoms with Gasteiger partial charge in [-0.15, -0.1) is 0 Å². The highest BCUT2D eigenvalue weighted by Crippen LogP contribution is 2.04. The third-order valence-electron chi connectivity index (χ3n) is 1.38. The van der Waals surface area contributed by atoms with Gasteiger partial charge in [0.1, 0.15) is 0 Å². The van der Waals surface area contributed by atoms with Gasteiger partial charge in [-0.05, 0) is 11.6 Å². The Morgan fingerprint density at radius 2 is 2.00 bits per heavy atom. The van der Waals surface area contributed by atoms with Gasteiger partial charge in [0.15, 0.2) is 6.61 Å². The molecule has 0 bridgehead atoms. The van der Waals surface area contributed by atoms with Crippen LogP contribution in [0.15, 0.2) is 24.3 Å². The first-order valence-corrected chi connectivity index (χ1v) is 3.20. The summed E-state index contributed by atoms with van der Waals surface area (Å²) in [6.07, 6.45) is 0. The lowest BCUT2D eigenvalue weighted by Crippen LogP contribution is -1.86. The van der Waals surface area contributed by atoms with E-state index >= 15 is 0 Å². The van der Waals surface area contributed by atoms with Gasteiger partial charge in [-0.3, -0.25) is 0 Å². The molecule has 0 aliphatic carbocycles. The van der Waals surface area contributed by atoms with Crippen molar-refractivity contribution in [3.8, 4) is 0 Å². The Labute approximate surface area is 59.7 Å². The van der Waals surface area contributed by atoms with Crippen molar-refractivity contribution >= 4 is 0 Å². The summed E-state index contributed by atoms with van der Waals surface area (Å²) in [5, 5.41) is 15.7. The smallest absolute Gasteiger partial charge is 0.169 e. The van der Waals surface area contributed by atoms with Crippen LogP contribution in [0.25, 0.3) is 0 Å². The van der Waals surface area contributed by atoms with Gasteiger partial charge in [-0.25, -0.2) is 0 Å². The summed E-state index contributed by atoms with van der Waals surface area (Å²) in [5.74, 6) is 0. The van der Waals surface area contributed by atoms with Crippen molar-refractivity contribution in [1.29, 1.82) is 0 Å². The molecule has 0 saturated heterocycles. The lowest BCUT2D eigenvalue weighted by atomic mass is 10.1.